The van der Waals surface area contributed by atoms with E-state index in [0.29, 0.717) is 12.5 Å². The van der Waals surface area contributed by atoms with Crippen molar-refractivity contribution in [1.82, 2.24) is 9.13 Å². The van der Waals surface area contributed by atoms with Crippen LogP contribution in [-0.4, -0.2) is 9.13 Å². The second-order valence-corrected chi connectivity index (χ2v) is 6.19. The molecule has 2 aromatic rings. The average Bonchev–Trinajstić information content (AvgIpc) is 3.16. The van der Waals surface area contributed by atoms with E-state index >= 15 is 0 Å². The zero-order chi connectivity index (χ0) is 21.9. The number of nitriles is 2. The highest BCUT2D eigenvalue weighted by Crippen LogP contribution is 1.97. The third-order valence-corrected chi connectivity index (χ3v) is 4.30. The Morgan fingerprint density at radius 3 is 1.29 bits per heavy atom. The number of aryl methyl sites for hydroxylation is 4. The summed E-state index contributed by atoms with van der Waals surface area (Å²) in [5, 5.41) is 30.0. The maximum atomic E-state index is 8.24. The molecule has 0 radical (unpaired) electrons. The highest BCUT2D eigenvalue weighted by Gasteiger charge is 2.07. The van der Waals surface area contributed by atoms with Crippen LogP contribution < -0.4 is 19.3 Å². The fourth-order valence-corrected chi connectivity index (χ4v) is 2.33. The Kier molecular flexibility index (Phi) is 16.9. The molecule has 0 atom stereocenters. The van der Waals surface area contributed by atoms with E-state index in [9.17, 15) is 0 Å². The normalized spacial score (nSPS) is 8.71. The molecule has 0 saturated heterocycles. The Balaban J connectivity index is 0. The van der Waals surface area contributed by atoms with Gasteiger partial charge in [0.05, 0.1) is 27.2 Å². The van der Waals surface area contributed by atoms with Crippen molar-refractivity contribution >= 4 is 0 Å². The summed E-state index contributed by atoms with van der Waals surface area (Å²) < 4.78 is 8.89. The van der Waals surface area contributed by atoms with Crippen LogP contribution in [0.5, 0.6) is 0 Å². The molecule has 0 saturated carbocycles. The van der Waals surface area contributed by atoms with Gasteiger partial charge in [0, 0.05) is 26.4 Å². The summed E-state index contributed by atoms with van der Waals surface area (Å²) in [5.74, 6) is 2.66. The van der Waals surface area contributed by atoms with Crippen molar-refractivity contribution in [2.24, 2.45) is 14.1 Å². The second-order valence-electron chi connectivity index (χ2n) is 6.19. The van der Waals surface area contributed by atoms with E-state index in [2.05, 4.69) is 84.8 Å². The van der Waals surface area contributed by atoms with Crippen LogP contribution in [-0.2, 0) is 27.2 Å². The number of hydrogen-bond acceptors (Lipinski definition) is 4. The minimum atomic E-state index is 0.500. The van der Waals surface area contributed by atoms with Crippen molar-refractivity contribution in [2.75, 3.05) is 0 Å². The summed E-state index contributed by atoms with van der Waals surface area (Å²) in [6, 6.07) is 0. The first-order chi connectivity index (χ1) is 13.3. The third kappa shape index (κ3) is 11.6. The molecule has 2 rings (SSSR count). The predicted molar refractivity (Wildman–Crippen MR) is 102 cm³/mol. The molecule has 0 unspecified atom stereocenters. The zero-order valence-electron chi connectivity index (χ0n) is 18.1. The highest BCUT2D eigenvalue weighted by atomic mass is 16.2. The lowest BCUT2D eigenvalue weighted by atomic mass is 10.3. The lowest BCUT2D eigenvalue weighted by molar-refractivity contribution is -0.677. The zero-order valence-corrected chi connectivity index (χ0v) is 18.1. The molecule has 0 aliphatic rings. The van der Waals surface area contributed by atoms with E-state index in [-0.39, 0.29) is 0 Å². The molecule has 0 amide bonds. The summed E-state index contributed by atoms with van der Waals surface area (Å²) in [6.07, 6.45) is 14.6. The maximum Gasteiger partial charge on any atom is 0.253 e. The Morgan fingerprint density at radius 2 is 1.11 bits per heavy atom. The van der Waals surface area contributed by atoms with E-state index in [4.69, 9.17) is 20.7 Å². The monoisotopic (exact) mass is 390 g/mol. The molecule has 2 heterocycles. The Labute approximate surface area is 169 Å². The molecule has 0 fully saturated rings. The van der Waals surface area contributed by atoms with Gasteiger partial charge in [-0.05, 0) is 12.8 Å². The topological polar surface area (TPSA) is 111 Å². The largest absolute Gasteiger partial charge is 0.812 e. The van der Waals surface area contributed by atoms with Crippen molar-refractivity contribution < 1.29 is 19.3 Å². The van der Waals surface area contributed by atoms with Gasteiger partial charge >= 0.3 is 0 Å². The molecule has 0 aliphatic carbocycles. The maximum absolute atomic E-state index is 8.24. The van der Waals surface area contributed by atoms with E-state index in [0.717, 1.165) is 13.1 Å². The van der Waals surface area contributed by atoms with Crippen LogP contribution in [0.4, 0.5) is 0 Å². The van der Waals surface area contributed by atoms with Crippen molar-refractivity contribution in [3.63, 3.8) is 0 Å². The van der Waals surface area contributed by atoms with Gasteiger partial charge in [-0.3, -0.25) is 0 Å². The number of unbranched alkanes of at least 4 members (excludes halogenated alkanes) is 2. The highest BCUT2D eigenvalue weighted by molar-refractivity contribution is 4.79. The van der Waals surface area contributed by atoms with E-state index in [1.165, 1.54) is 37.3 Å². The Morgan fingerprint density at radius 1 is 0.821 bits per heavy atom. The van der Waals surface area contributed by atoms with Crippen LogP contribution in [0.2, 0.25) is 0 Å². The molecule has 8 nitrogen and oxygen atoms in total. The molecular weight excluding hydrogens is 356 g/mol. The van der Waals surface area contributed by atoms with Crippen LogP contribution in [0.1, 0.15) is 51.2 Å². The quantitative estimate of drug-likeness (QED) is 0.528. The number of hydrogen-bond donors (Lipinski definition) is 0. The van der Waals surface area contributed by atoms with Crippen LogP contribution in [0, 0.1) is 36.9 Å². The molecule has 2 aromatic heterocycles. The van der Waals surface area contributed by atoms with Crippen molar-refractivity contribution in [2.45, 2.75) is 66.5 Å². The molecule has 0 bridgehead atoms. The first-order valence-electron chi connectivity index (χ1n) is 9.39. The van der Waals surface area contributed by atoms with Gasteiger partial charge in [0.25, 0.3) is 11.6 Å². The summed E-state index contributed by atoms with van der Waals surface area (Å²) in [5.41, 5.74) is 0. The van der Waals surface area contributed by atoms with Crippen LogP contribution in [0.3, 0.4) is 0 Å². The van der Waals surface area contributed by atoms with Gasteiger partial charge in [-0.1, -0.05) is 26.7 Å². The van der Waals surface area contributed by atoms with Crippen LogP contribution in [0.25, 0.3) is 0 Å². The second kappa shape index (κ2) is 17.4. The SMILES string of the molecule is CCCCn1cc[n+](C)c1C.CCCCn1cc[n+](C)c1C.N#C[O-].N#C[O-]. The number of rotatable bonds is 6. The van der Waals surface area contributed by atoms with Gasteiger partial charge in [-0.25, -0.2) is 28.8 Å². The van der Waals surface area contributed by atoms with Crippen LogP contribution in [0.15, 0.2) is 24.8 Å². The molecular formula is C20H34N6O2. The fourth-order valence-electron chi connectivity index (χ4n) is 2.33. The lowest BCUT2D eigenvalue weighted by Gasteiger charge is -1.95. The minimum absolute atomic E-state index is 0.500. The van der Waals surface area contributed by atoms with E-state index in [1.807, 2.05) is 0 Å². The van der Waals surface area contributed by atoms with Crippen molar-refractivity contribution in [3.05, 3.63) is 36.4 Å². The smallest absolute Gasteiger partial charge is 0.253 e. The molecule has 0 spiro atoms. The van der Waals surface area contributed by atoms with E-state index < -0.39 is 0 Å². The number of nitrogens with zero attached hydrogens (tertiary/aromatic N) is 6. The van der Waals surface area contributed by atoms with E-state index in [1.54, 1.807) is 0 Å². The lowest BCUT2D eigenvalue weighted by Crippen LogP contribution is -2.29. The first kappa shape index (κ1) is 27.2. The van der Waals surface area contributed by atoms with Gasteiger partial charge in [0.1, 0.15) is 24.8 Å². The fraction of sp³-hybridized carbons (Fsp3) is 0.600. The number of imidazole rings is 2. The minimum Gasteiger partial charge on any atom is -0.812 e. The summed E-state index contributed by atoms with van der Waals surface area (Å²) in [6.45, 7) is 11.1. The molecule has 28 heavy (non-hydrogen) atoms. The molecule has 8 heteroatoms. The Bertz CT molecular complexity index is 660. The molecule has 156 valence electrons. The molecule has 0 aliphatic heterocycles. The van der Waals surface area contributed by atoms with Crippen molar-refractivity contribution in [1.29, 1.82) is 10.5 Å². The van der Waals surface area contributed by atoms with Gasteiger partial charge in [0.15, 0.2) is 0 Å². The van der Waals surface area contributed by atoms with Crippen LogP contribution >= 0.6 is 0 Å². The first-order valence-corrected chi connectivity index (χ1v) is 9.39. The summed E-state index contributed by atoms with van der Waals surface area (Å²) in [7, 11) is 4.16. The number of aromatic nitrogens is 4. The Hall–Kier alpha value is -3.00. The van der Waals surface area contributed by atoms with Gasteiger partial charge in [0.2, 0.25) is 0 Å². The van der Waals surface area contributed by atoms with Gasteiger partial charge in [-0.2, -0.15) is 0 Å². The average molecular weight is 391 g/mol. The third-order valence-electron chi connectivity index (χ3n) is 4.30. The standard InChI is InChI=1S/2C9H17N2.2CHNO/c2*1-4-5-6-11-8-7-10(3)9(11)2;2*2-1-3/h2*7-8H,4-6H2,1-3H3;2*3H/q2*+1;;/p-2. The van der Waals surface area contributed by atoms with Gasteiger partial charge in [-0.15, -0.1) is 0 Å². The van der Waals surface area contributed by atoms with Gasteiger partial charge < -0.3 is 10.2 Å². The molecule has 0 aromatic carbocycles. The summed E-state index contributed by atoms with van der Waals surface area (Å²) >= 11 is 0. The molecule has 0 N–H and O–H groups in total. The van der Waals surface area contributed by atoms with Crippen molar-refractivity contribution in [3.8, 4) is 12.5 Å². The predicted octanol–water partition coefficient (Wildman–Crippen LogP) is 0.498. The summed E-state index contributed by atoms with van der Waals surface area (Å²) in [4.78, 5) is 0.